The van der Waals surface area contributed by atoms with E-state index in [1.54, 1.807) is 12.5 Å². The van der Waals surface area contributed by atoms with Crippen LogP contribution in [0.5, 0.6) is 0 Å². The molecule has 1 aliphatic rings. The van der Waals surface area contributed by atoms with Crippen LogP contribution in [0.15, 0.2) is 41.9 Å². The van der Waals surface area contributed by atoms with Gasteiger partial charge >= 0.3 is 0 Å². The second-order valence-corrected chi connectivity index (χ2v) is 7.49. The second kappa shape index (κ2) is 9.38. The highest BCUT2D eigenvalue weighted by molar-refractivity contribution is 14.0. The summed E-state index contributed by atoms with van der Waals surface area (Å²) in [6, 6.07) is 6.28. The van der Waals surface area contributed by atoms with Gasteiger partial charge in [0, 0.05) is 37.7 Å². The van der Waals surface area contributed by atoms with E-state index in [1.807, 2.05) is 10.6 Å². The summed E-state index contributed by atoms with van der Waals surface area (Å²) in [5.41, 5.74) is 10.3. The zero-order chi connectivity index (χ0) is 19.5. The molecule has 3 aromatic rings. The number of nitrogens with two attached hydrogens (primary N) is 1. The number of hydrogen-bond donors (Lipinski definition) is 2. The number of fused-ring (bicyclic) bond motifs is 1. The van der Waals surface area contributed by atoms with E-state index in [1.165, 1.54) is 11.1 Å². The second-order valence-electron chi connectivity index (χ2n) is 7.49. The van der Waals surface area contributed by atoms with E-state index in [2.05, 4.69) is 62.4 Å². The maximum absolute atomic E-state index is 6.12. The fraction of sp³-hybridized carbons (Fsp3) is 0.400. The molecule has 29 heavy (non-hydrogen) atoms. The maximum Gasteiger partial charge on any atom is 0.203 e. The van der Waals surface area contributed by atoms with Gasteiger partial charge in [-0.2, -0.15) is 0 Å². The Kier molecular flexibility index (Phi) is 6.88. The van der Waals surface area contributed by atoms with Crippen molar-refractivity contribution in [2.75, 3.05) is 29.9 Å². The summed E-state index contributed by atoms with van der Waals surface area (Å²) in [5.74, 6) is 1.77. The van der Waals surface area contributed by atoms with E-state index in [4.69, 9.17) is 5.73 Å². The number of aromatic nitrogens is 4. The van der Waals surface area contributed by atoms with Gasteiger partial charge in [-0.15, -0.1) is 34.2 Å². The molecule has 1 unspecified atom stereocenters. The van der Waals surface area contributed by atoms with Crippen LogP contribution in [-0.4, -0.2) is 45.2 Å². The predicted molar refractivity (Wildman–Crippen MR) is 127 cm³/mol. The molecule has 0 spiro atoms. The number of aliphatic imine (C=N–C) groups is 1. The van der Waals surface area contributed by atoms with Crippen molar-refractivity contribution in [3.8, 4) is 0 Å². The van der Waals surface area contributed by atoms with Crippen LogP contribution in [0.1, 0.15) is 24.0 Å². The molecule has 3 N–H and O–H groups in total. The number of aryl methyl sites for hydroxylation is 2. The van der Waals surface area contributed by atoms with Gasteiger partial charge in [0.15, 0.2) is 11.8 Å². The van der Waals surface area contributed by atoms with Crippen molar-refractivity contribution in [2.45, 2.75) is 26.7 Å². The summed E-state index contributed by atoms with van der Waals surface area (Å²) in [6.45, 7) is 6.70. The van der Waals surface area contributed by atoms with E-state index in [0.717, 1.165) is 43.1 Å². The Morgan fingerprint density at radius 3 is 2.86 bits per heavy atom. The molecule has 3 heterocycles. The first-order chi connectivity index (χ1) is 13.6. The quantitative estimate of drug-likeness (QED) is 0.321. The van der Waals surface area contributed by atoms with Crippen LogP contribution < -0.4 is 16.0 Å². The van der Waals surface area contributed by atoms with Gasteiger partial charge in [-0.05, 0) is 55.9 Å². The topological polar surface area (TPSA) is 96.7 Å². The SMILES string of the molecule is Cc1cc(C)cc(NC(N)=NCC2CCCN(c3nccn4cnnc34)C2)c1.I. The lowest BCUT2D eigenvalue weighted by molar-refractivity contribution is 0.422. The van der Waals surface area contributed by atoms with E-state index in [-0.39, 0.29) is 24.0 Å². The highest BCUT2D eigenvalue weighted by Crippen LogP contribution is 2.24. The van der Waals surface area contributed by atoms with Crippen molar-refractivity contribution in [2.24, 2.45) is 16.6 Å². The fourth-order valence-corrected chi connectivity index (χ4v) is 3.84. The molecule has 1 atom stereocenters. The van der Waals surface area contributed by atoms with Crippen molar-refractivity contribution in [3.63, 3.8) is 0 Å². The van der Waals surface area contributed by atoms with Gasteiger partial charge in [-0.3, -0.25) is 9.39 Å². The molecule has 4 rings (SSSR count). The third-order valence-corrected chi connectivity index (χ3v) is 5.03. The molecule has 8 nitrogen and oxygen atoms in total. The molecule has 0 aliphatic carbocycles. The lowest BCUT2D eigenvalue weighted by Gasteiger charge is -2.32. The van der Waals surface area contributed by atoms with Crippen LogP contribution in [0.2, 0.25) is 0 Å². The van der Waals surface area contributed by atoms with Gasteiger partial charge in [0.1, 0.15) is 6.33 Å². The number of halogens is 1. The average molecular weight is 506 g/mol. The summed E-state index contributed by atoms with van der Waals surface area (Å²) in [5, 5.41) is 11.4. The minimum Gasteiger partial charge on any atom is -0.370 e. The predicted octanol–water partition coefficient (Wildman–Crippen LogP) is 3.00. The summed E-state index contributed by atoms with van der Waals surface area (Å²) in [4.78, 5) is 11.4. The van der Waals surface area contributed by atoms with Gasteiger partial charge in [0.2, 0.25) is 5.65 Å². The largest absolute Gasteiger partial charge is 0.370 e. The van der Waals surface area contributed by atoms with Crippen LogP contribution in [-0.2, 0) is 0 Å². The Morgan fingerprint density at radius 1 is 1.28 bits per heavy atom. The van der Waals surface area contributed by atoms with Crippen LogP contribution in [0.3, 0.4) is 0 Å². The molecule has 0 saturated carbocycles. The molecule has 9 heteroatoms. The zero-order valence-electron chi connectivity index (χ0n) is 16.7. The molecule has 0 amide bonds. The van der Waals surface area contributed by atoms with Crippen molar-refractivity contribution >= 4 is 47.1 Å². The van der Waals surface area contributed by atoms with Crippen LogP contribution in [0, 0.1) is 19.8 Å². The first kappa shape index (κ1) is 21.3. The van der Waals surface area contributed by atoms with E-state index >= 15 is 0 Å². The number of nitrogens with zero attached hydrogens (tertiary/aromatic N) is 6. The van der Waals surface area contributed by atoms with Gasteiger partial charge in [-0.1, -0.05) is 6.07 Å². The van der Waals surface area contributed by atoms with Crippen molar-refractivity contribution in [3.05, 3.63) is 48.0 Å². The lowest BCUT2D eigenvalue weighted by Crippen LogP contribution is -2.38. The van der Waals surface area contributed by atoms with Gasteiger partial charge in [0.25, 0.3) is 0 Å². The van der Waals surface area contributed by atoms with Gasteiger partial charge in [-0.25, -0.2) is 4.98 Å². The summed E-state index contributed by atoms with van der Waals surface area (Å²) >= 11 is 0. The summed E-state index contributed by atoms with van der Waals surface area (Å²) in [6.07, 6.45) is 7.59. The smallest absolute Gasteiger partial charge is 0.203 e. The molecular formula is C20H27IN8. The molecular weight excluding hydrogens is 479 g/mol. The van der Waals surface area contributed by atoms with Crippen LogP contribution in [0.4, 0.5) is 11.5 Å². The highest BCUT2D eigenvalue weighted by atomic mass is 127. The molecule has 0 bridgehead atoms. The first-order valence-electron chi connectivity index (χ1n) is 9.63. The molecule has 1 aliphatic heterocycles. The van der Waals surface area contributed by atoms with E-state index in [9.17, 15) is 0 Å². The number of anilines is 2. The van der Waals surface area contributed by atoms with Crippen molar-refractivity contribution < 1.29 is 0 Å². The highest BCUT2D eigenvalue weighted by Gasteiger charge is 2.23. The normalized spacial score (nSPS) is 17.2. The Labute approximate surface area is 187 Å². The number of hydrogen-bond acceptors (Lipinski definition) is 5. The molecule has 1 aromatic carbocycles. The van der Waals surface area contributed by atoms with E-state index < -0.39 is 0 Å². The molecule has 154 valence electrons. The van der Waals surface area contributed by atoms with Crippen molar-refractivity contribution in [1.29, 1.82) is 0 Å². The zero-order valence-corrected chi connectivity index (χ0v) is 19.1. The number of nitrogens with one attached hydrogen (secondary N) is 1. The molecule has 1 fully saturated rings. The van der Waals surface area contributed by atoms with Crippen LogP contribution >= 0.6 is 24.0 Å². The number of rotatable bonds is 4. The van der Waals surface area contributed by atoms with Crippen LogP contribution in [0.25, 0.3) is 5.65 Å². The summed E-state index contributed by atoms with van der Waals surface area (Å²) in [7, 11) is 0. The van der Waals surface area contributed by atoms with Crippen molar-refractivity contribution in [1.82, 2.24) is 19.6 Å². The summed E-state index contributed by atoms with van der Waals surface area (Å²) < 4.78 is 1.90. The average Bonchev–Trinajstić information content (AvgIpc) is 3.14. The number of guanidine groups is 1. The minimum atomic E-state index is 0. The van der Waals surface area contributed by atoms with E-state index in [0.29, 0.717) is 18.4 Å². The molecule has 0 radical (unpaired) electrons. The standard InChI is InChI=1S/C20H26N8.HI/c1-14-8-15(2)10-17(9-14)25-20(21)23-11-16-4-3-6-27(12-16)18-19-26-24-13-28(19)7-5-22-18;/h5,7-10,13,16H,3-4,6,11-12H2,1-2H3,(H3,21,23,25);1H. The number of piperidine rings is 1. The Balaban J connectivity index is 0.00000240. The first-order valence-corrected chi connectivity index (χ1v) is 9.63. The fourth-order valence-electron chi connectivity index (χ4n) is 3.84. The Hall–Kier alpha value is -2.43. The lowest BCUT2D eigenvalue weighted by atomic mass is 9.98. The third-order valence-electron chi connectivity index (χ3n) is 5.03. The Morgan fingerprint density at radius 2 is 2.07 bits per heavy atom. The third kappa shape index (κ3) is 5.14. The Bertz CT molecular complexity index is 979. The number of benzene rings is 1. The molecule has 2 aromatic heterocycles. The molecule has 1 saturated heterocycles. The maximum atomic E-state index is 6.12. The monoisotopic (exact) mass is 506 g/mol. The van der Waals surface area contributed by atoms with Gasteiger partial charge < -0.3 is 16.0 Å². The minimum absolute atomic E-state index is 0. The van der Waals surface area contributed by atoms with Gasteiger partial charge in [0.05, 0.1) is 0 Å².